The van der Waals surface area contributed by atoms with Crippen molar-refractivity contribution in [2.24, 2.45) is 22.7 Å². The summed E-state index contributed by atoms with van der Waals surface area (Å²) in [5.74, 6) is -2.52. The highest BCUT2D eigenvalue weighted by Crippen LogP contribution is 2.74. The third-order valence-electron chi connectivity index (χ3n) is 4.51. The number of hydrogen-bond donors (Lipinski definition) is 2. The van der Waals surface area contributed by atoms with Crippen LogP contribution in [0.2, 0.25) is 0 Å². The Labute approximate surface area is 81.9 Å². The van der Waals surface area contributed by atoms with Crippen molar-refractivity contribution in [2.75, 3.05) is 0 Å². The molecule has 14 heavy (non-hydrogen) atoms. The van der Waals surface area contributed by atoms with Gasteiger partial charge in [0.1, 0.15) is 0 Å². The van der Waals surface area contributed by atoms with Gasteiger partial charge >= 0.3 is 11.9 Å². The molecule has 0 aromatic carbocycles. The van der Waals surface area contributed by atoms with Crippen molar-refractivity contribution in [3.8, 4) is 0 Å². The second kappa shape index (κ2) is 2.30. The zero-order valence-corrected chi connectivity index (χ0v) is 8.28. The fraction of sp³-hybridized carbons (Fsp3) is 0.800. The predicted molar refractivity (Wildman–Crippen MR) is 47.7 cm³/mol. The average Bonchev–Trinajstić information content (AvgIpc) is 2.54. The molecular weight excluding hydrogens is 184 g/mol. The molecule has 0 radical (unpaired) electrons. The maximum atomic E-state index is 11.2. The molecule has 3 saturated carbocycles. The highest BCUT2D eigenvalue weighted by atomic mass is 16.4. The first kappa shape index (κ1) is 9.49. The topological polar surface area (TPSA) is 74.6 Å². The molecule has 0 aromatic heterocycles. The Bertz CT molecular complexity index is 320. The van der Waals surface area contributed by atoms with Gasteiger partial charge in [0.2, 0.25) is 0 Å². The van der Waals surface area contributed by atoms with Crippen LogP contribution in [0.25, 0.3) is 0 Å². The molecule has 3 unspecified atom stereocenters. The minimum atomic E-state index is -1.01. The number of hydrogen-bond acceptors (Lipinski definition) is 2. The lowest BCUT2D eigenvalue weighted by Crippen LogP contribution is -2.63. The summed E-state index contributed by atoms with van der Waals surface area (Å²) in [6.07, 6.45) is 1.24. The maximum Gasteiger partial charge on any atom is 0.311 e. The molecule has 4 heteroatoms. The van der Waals surface area contributed by atoms with Crippen LogP contribution in [-0.4, -0.2) is 22.2 Å². The highest BCUT2D eigenvalue weighted by molar-refractivity contribution is 5.88. The monoisotopic (exact) mass is 198 g/mol. The van der Waals surface area contributed by atoms with Gasteiger partial charge in [0.05, 0.1) is 11.3 Å². The van der Waals surface area contributed by atoms with E-state index in [-0.39, 0.29) is 11.3 Å². The first-order chi connectivity index (χ1) is 6.35. The lowest BCUT2D eigenvalue weighted by molar-refractivity contribution is -0.200. The van der Waals surface area contributed by atoms with E-state index < -0.39 is 23.3 Å². The molecule has 78 valence electrons. The summed E-state index contributed by atoms with van der Waals surface area (Å²) in [6.45, 7) is 3.75. The molecular formula is C10H14O4. The number of carboxylic acids is 2. The Morgan fingerprint density at radius 1 is 1.29 bits per heavy atom. The van der Waals surface area contributed by atoms with Gasteiger partial charge < -0.3 is 10.2 Å². The van der Waals surface area contributed by atoms with E-state index in [1.165, 1.54) is 0 Å². The number of carboxylic acid groups (broad SMARTS) is 2. The van der Waals surface area contributed by atoms with Gasteiger partial charge in [-0.25, -0.2) is 0 Å². The van der Waals surface area contributed by atoms with Crippen LogP contribution >= 0.6 is 0 Å². The first-order valence-electron chi connectivity index (χ1n) is 4.82. The summed E-state index contributed by atoms with van der Waals surface area (Å²) in [5.41, 5.74) is -1.37. The van der Waals surface area contributed by atoms with Crippen LogP contribution in [0.5, 0.6) is 0 Å². The molecule has 0 aromatic rings. The van der Waals surface area contributed by atoms with Crippen molar-refractivity contribution in [1.29, 1.82) is 0 Å². The van der Waals surface area contributed by atoms with Gasteiger partial charge in [-0.15, -0.1) is 0 Å². The van der Waals surface area contributed by atoms with E-state index in [4.69, 9.17) is 5.11 Å². The van der Waals surface area contributed by atoms with Gasteiger partial charge in [-0.3, -0.25) is 9.59 Å². The van der Waals surface area contributed by atoms with Gasteiger partial charge in [-0.05, 0) is 24.2 Å². The maximum absolute atomic E-state index is 11.2. The zero-order valence-electron chi connectivity index (χ0n) is 8.28. The molecule has 0 saturated heterocycles. The number of rotatable bonds is 2. The average molecular weight is 198 g/mol. The fourth-order valence-electron chi connectivity index (χ4n) is 3.68. The smallest absolute Gasteiger partial charge is 0.311 e. The molecule has 3 aliphatic rings. The summed E-state index contributed by atoms with van der Waals surface area (Å²) >= 11 is 0. The Hall–Kier alpha value is -1.06. The van der Waals surface area contributed by atoms with Gasteiger partial charge in [0.15, 0.2) is 0 Å². The molecule has 4 nitrogen and oxygen atoms in total. The second-order valence-electron chi connectivity index (χ2n) is 4.96. The highest BCUT2D eigenvalue weighted by Gasteiger charge is 2.77. The molecule has 3 atom stereocenters. The van der Waals surface area contributed by atoms with Crippen LogP contribution in [0.4, 0.5) is 0 Å². The molecule has 2 bridgehead atoms. The molecule has 0 amide bonds. The summed E-state index contributed by atoms with van der Waals surface area (Å²) in [6, 6.07) is 0. The van der Waals surface area contributed by atoms with Crippen LogP contribution in [0.3, 0.4) is 0 Å². The van der Waals surface area contributed by atoms with E-state index in [1.54, 1.807) is 0 Å². The van der Waals surface area contributed by atoms with Crippen LogP contribution in [0.1, 0.15) is 26.7 Å². The molecule has 0 heterocycles. The lowest BCUT2D eigenvalue weighted by atomic mass is 9.44. The predicted octanol–water partition coefficient (Wildman–Crippen LogP) is 1.21. The van der Waals surface area contributed by atoms with E-state index in [0.717, 1.165) is 6.42 Å². The lowest BCUT2D eigenvalue weighted by Gasteiger charge is -2.56. The van der Waals surface area contributed by atoms with Gasteiger partial charge in [0.25, 0.3) is 0 Å². The first-order valence-corrected chi connectivity index (χ1v) is 4.82. The van der Waals surface area contributed by atoms with Crippen molar-refractivity contribution in [3.63, 3.8) is 0 Å². The van der Waals surface area contributed by atoms with Crippen molar-refractivity contribution < 1.29 is 19.8 Å². The van der Waals surface area contributed by atoms with E-state index in [2.05, 4.69) is 0 Å². The van der Waals surface area contributed by atoms with Crippen LogP contribution in [-0.2, 0) is 9.59 Å². The summed E-state index contributed by atoms with van der Waals surface area (Å²) in [5, 5.41) is 18.2. The molecule has 0 spiro atoms. The number of aliphatic carboxylic acids is 2. The molecule has 0 aliphatic heterocycles. The Morgan fingerprint density at radius 2 is 1.86 bits per heavy atom. The van der Waals surface area contributed by atoms with Crippen molar-refractivity contribution in [2.45, 2.75) is 26.7 Å². The minimum absolute atomic E-state index is 0.0381. The van der Waals surface area contributed by atoms with E-state index >= 15 is 0 Å². The second-order valence-corrected chi connectivity index (χ2v) is 4.96. The number of fused-ring (bicyclic) bond motifs is 1. The van der Waals surface area contributed by atoms with Crippen LogP contribution in [0, 0.1) is 22.7 Å². The van der Waals surface area contributed by atoms with Crippen molar-refractivity contribution in [1.82, 2.24) is 0 Å². The normalized spacial score (nSPS) is 43.0. The Balaban J connectivity index is 2.45. The Morgan fingerprint density at radius 3 is 2.14 bits per heavy atom. The van der Waals surface area contributed by atoms with Gasteiger partial charge in [-0.2, -0.15) is 0 Å². The largest absolute Gasteiger partial charge is 0.481 e. The van der Waals surface area contributed by atoms with Gasteiger partial charge in [0, 0.05) is 0 Å². The SMILES string of the molecule is CC1(C)C2CCC1(C(=O)O)C2C(=O)O. The molecule has 3 rings (SSSR count). The van der Waals surface area contributed by atoms with Crippen molar-refractivity contribution >= 4 is 11.9 Å². The van der Waals surface area contributed by atoms with E-state index in [0.29, 0.717) is 6.42 Å². The summed E-state index contributed by atoms with van der Waals surface area (Å²) in [4.78, 5) is 22.2. The summed E-state index contributed by atoms with van der Waals surface area (Å²) in [7, 11) is 0. The number of carbonyl (C=O) groups is 2. The zero-order chi connectivity index (χ0) is 10.7. The molecule has 3 aliphatic carbocycles. The minimum Gasteiger partial charge on any atom is -0.481 e. The van der Waals surface area contributed by atoms with Crippen LogP contribution in [0.15, 0.2) is 0 Å². The van der Waals surface area contributed by atoms with E-state index in [1.807, 2.05) is 13.8 Å². The third kappa shape index (κ3) is 0.678. The quantitative estimate of drug-likeness (QED) is 0.699. The van der Waals surface area contributed by atoms with Crippen molar-refractivity contribution in [3.05, 3.63) is 0 Å². The van der Waals surface area contributed by atoms with Gasteiger partial charge in [-0.1, -0.05) is 13.8 Å². The molecule has 2 N–H and O–H groups in total. The molecule has 3 fully saturated rings. The van der Waals surface area contributed by atoms with E-state index in [9.17, 15) is 14.7 Å². The standard InChI is InChI=1S/C10H14O4/c1-9(2)5-3-4-10(9,8(13)14)6(5)7(11)12/h5-6H,3-4H2,1-2H3,(H,11,12)(H,13,14). The summed E-state index contributed by atoms with van der Waals surface area (Å²) < 4.78 is 0. The third-order valence-corrected chi connectivity index (χ3v) is 4.51. The Kier molecular flexibility index (Phi) is 1.56. The van der Waals surface area contributed by atoms with Crippen LogP contribution < -0.4 is 0 Å². The fourth-order valence-corrected chi connectivity index (χ4v) is 3.68.